The van der Waals surface area contributed by atoms with E-state index < -0.39 is 27.7 Å². The van der Waals surface area contributed by atoms with Crippen LogP contribution in [-0.4, -0.2) is 37.5 Å². The van der Waals surface area contributed by atoms with E-state index in [4.69, 9.17) is 11.0 Å². The van der Waals surface area contributed by atoms with Crippen LogP contribution in [0, 0.1) is 11.3 Å². The number of likely N-dealkylation sites (N-methyl/N-ethyl adjacent to an activating group) is 1. The molecule has 0 heterocycles. The molecule has 0 aromatic rings. The minimum Gasteiger partial charge on any atom is -0.369 e. The Bertz CT molecular complexity index is 344. The van der Waals surface area contributed by atoms with Gasteiger partial charge in [-0.2, -0.15) is 9.57 Å². The number of hydrogen-bond donors (Lipinski definition) is 1. The smallest absolute Gasteiger partial charge is 0.232 e. The fourth-order valence-electron chi connectivity index (χ4n) is 0.895. The van der Waals surface area contributed by atoms with Crippen molar-refractivity contribution < 1.29 is 13.2 Å². The Morgan fingerprint density at radius 1 is 1.64 bits per heavy atom. The number of sulfonamides is 1. The lowest BCUT2D eigenvalue weighted by molar-refractivity contribution is -0.118. The molecule has 0 radical (unpaired) electrons. The van der Waals surface area contributed by atoms with Crippen molar-refractivity contribution in [2.24, 2.45) is 5.73 Å². The average molecular weight is 219 g/mol. The standard InChI is InChI=1S/C7H13N3O3S/c1-3-6(4-8)14(12,13)10(2)5-7(9)11/h6H,3,5H2,1-2H3,(H2,9,11). The Morgan fingerprint density at radius 2 is 2.14 bits per heavy atom. The summed E-state index contributed by atoms with van der Waals surface area (Å²) in [5, 5.41) is 7.45. The van der Waals surface area contributed by atoms with Gasteiger partial charge in [0, 0.05) is 7.05 Å². The fourth-order valence-corrected chi connectivity index (χ4v) is 2.19. The van der Waals surface area contributed by atoms with Gasteiger partial charge in [-0.3, -0.25) is 4.79 Å². The van der Waals surface area contributed by atoms with Crippen LogP contribution in [0.1, 0.15) is 13.3 Å². The van der Waals surface area contributed by atoms with Gasteiger partial charge in [-0.05, 0) is 6.42 Å². The zero-order chi connectivity index (χ0) is 11.4. The van der Waals surface area contributed by atoms with Crippen LogP contribution >= 0.6 is 0 Å². The fraction of sp³-hybridized carbons (Fsp3) is 0.714. The van der Waals surface area contributed by atoms with E-state index in [0.717, 1.165) is 4.31 Å². The highest BCUT2D eigenvalue weighted by atomic mass is 32.2. The topological polar surface area (TPSA) is 104 Å². The molecule has 0 spiro atoms. The van der Waals surface area contributed by atoms with Crippen LogP contribution in [0.3, 0.4) is 0 Å². The molecule has 1 unspecified atom stereocenters. The summed E-state index contributed by atoms with van der Waals surface area (Å²) in [6.45, 7) is 1.18. The second kappa shape index (κ2) is 4.93. The second-order valence-corrected chi connectivity index (χ2v) is 5.02. The first-order chi connectivity index (χ1) is 6.36. The summed E-state index contributed by atoms with van der Waals surface area (Å²) in [6, 6.07) is 1.66. The molecule has 1 atom stereocenters. The number of rotatable bonds is 5. The summed E-state index contributed by atoms with van der Waals surface area (Å²) in [6.07, 6.45) is 0.182. The van der Waals surface area contributed by atoms with Gasteiger partial charge in [0.15, 0.2) is 5.25 Å². The third kappa shape index (κ3) is 2.97. The Hall–Kier alpha value is -1.13. The van der Waals surface area contributed by atoms with Gasteiger partial charge in [0.25, 0.3) is 0 Å². The van der Waals surface area contributed by atoms with Crippen molar-refractivity contribution in [1.82, 2.24) is 4.31 Å². The molecular formula is C7H13N3O3S. The van der Waals surface area contributed by atoms with Crippen LogP contribution < -0.4 is 5.73 Å². The number of nitriles is 1. The molecule has 14 heavy (non-hydrogen) atoms. The van der Waals surface area contributed by atoms with Crippen LogP contribution in [0.15, 0.2) is 0 Å². The first-order valence-electron chi connectivity index (χ1n) is 3.99. The molecule has 0 saturated carbocycles. The maximum atomic E-state index is 11.5. The third-order valence-electron chi connectivity index (χ3n) is 1.69. The summed E-state index contributed by atoms with van der Waals surface area (Å²) in [5.74, 6) is -0.746. The van der Waals surface area contributed by atoms with Gasteiger partial charge in [0.05, 0.1) is 12.6 Å². The van der Waals surface area contributed by atoms with Gasteiger partial charge in [0.1, 0.15) is 0 Å². The number of nitrogens with zero attached hydrogens (tertiary/aromatic N) is 2. The molecule has 0 saturated heterocycles. The molecule has 1 amide bonds. The molecule has 80 valence electrons. The summed E-state index contributed by atoms with van der Waals surface area (Å²) in [7, 11) is -2.50. The maximum absolute atomic E-state index is 11.5. The van der Waals surface area contributed by atoms with Crippen molar-refractivity contribution >= 4 is 15.9 Å². The van der Waals surface area contributed by atoms with Crippen LogP contribution in [0.25, 0.3) is 0 Å². The summed E-state index contributed by atoms with van der Waals surface area (Å²) < 4.78 is 23.8. The number of hydrogen-bond acceptors (Lipinski definition) is 4. The third-order valence-corrected chi connectivity index (χ3v) is 3.84. The normalized spacial score (nSPS) is 13.6. The molecule has 0 aliphatic rings. The summed E-state index contributed by atoms with van der Waals surface area (Å²) in [5.41, 5.74) is 4.85. The van der Waals surface area contributed by atoms with E-state index in [2.05, 4.69) is 0 Å². The number of amides is 1. The van der Waals surface area contributed by atoms with Crippen molar-refractivity contribution in [3.63, 3.8) is 0 Å². The van der Waals surface area contributed by atoms with Gasteiger partial charge in [-0.15, -0.1) is 0 Å². The van der Waals surface area contributed by atoms with E-state index >= 15 is 0 Å². The monoisotopic (exact) mass is 219 g/mol. The Kier molecular flexibility index (Phi) is 4.53. The quantitative estimate of drug-likeness (QED) is 0.642. The van der Waals surface area contributed by atoms with Crippen LogP contribution in [-0.2, 0) is 14.8 Å². The first kappa shape index (κ1) is 12.9. The first-order valence-corrected chi connectivity index (χ1v) is 5.49. The molecule has 0 rings (SSSR count). The predicted octanol–water partition coefficient (Wildman–Crippen LogP) is -0.965. The predicted molar refractivity (Wildman–Crippen MR) is 50.4 cm³/mol. The van der Waals surface area contributed by atoms with E-state index in [0.29, 0.717) is 0 Å². The molecule has 7 heteroatoms. The van der Waals surface area contributed by atoms with Crippen molar-refractivity contribution in [2.45, 2.75) is 18.6 Å². The lowest BCUT2D eigenvalue weighted by atomic mass is 10.4. The average Bonchev–Trinajstić information content (AvgIpc) is 2.04. The minimum absolute atomic E-state index is 0.182. The number of carbonyl (C=O) groups excluding carboxylic acids is 1. The van der Waals surface area contributed by atoms with Crippen LogP contribution in [0.2, 0.25) is 0 Å². The molecule has 0 aliphatic carbocycles. The summed E-state index contributed by atoms with van der Waals surface area (Å²) in [4.78, 5) is 10.5. The number of carbonyl (C=O) groups is 1. The highest BCUT2D eigenvalue weighted by Gasteiger charge is 2.28. The van der Waals surface area contributed by atoms with E-state index in [1.54, 1.807) is 13.0 Å². The maximum Gasteiger partial charge on any atom is 0.232 e. The number of nitrogens with two attached hydrogens (primary N) is 1. The zero-order valence-corrected chi connectivity index (χ0v) is 8.91. The lowest BCUT2D eigenvalue weighted by Crippen LogP contribution is -2.40. The largest absolute Gasteiger partial charge is 0.369 e. The zero-order valence-electron chi connectivity index (χ0n) is 8.10. The molecule has 0 aromatic carbocycles. The Labute approximate surface area is 83.3 Å². The van der Waals surface area contributed by atoms with Gasteiger partial charge in [-0.25, -0.2) is 8.42 Å². The van der Waals surface area contributed by atoms with Gasteiger partial charge >= 0.3 is 0 Å². The highest BCUT2D eigenvalue weighted by Crippen LogP contribution is 2.09. The summed E-state index contributed by atoms with van der Waals surface area (Å²) >= 11 is 0. The van der Waals surface area contributed by atoms with Gasteiger partial charge in [-0.1, -0.05) is 6.92 Å². The van der Waals surface area contributed by atoms with E-state index in [1.165, 1.54) is 7.05 Å². The van der Waals surface area contributed by atoms with E-state index in [9.17, 15) is 13.2 Å². The Morgan fingerprint density at radius 3 is 2.43 bits per heavy atom. The van der Waals surface area contributed by atoms with E-state index in [-0.39, 0.29) is 6.42 Å². The van der Waals surface area contributed by atoms with Crippen LogP contribution in [0.4, 0.5) is 0 Å². The molecule has 0 aromatic heterocycles. The molecule has 0 fully saturated rings. The molecule has 2 N–H and O–H groups in total. The minimum atomic E-state index is -3.72. The van der Waals surface area contributed by atoms with Crippen molar-refractivity contribution in [3.05, 3.63) is 0 Å². The Balaban J connectivity index is 4.79. The van der Waals surface area contributed by atoms with Crippen molar-refractivity contribution in [2.75, 3.05) is 13.6 Å². The number of primary amides is 1. The molecular weight excluding hydrogens is 206 g/mol. The van der Waals surface area contributed by atoms with Crippen LogP contribution in [0.5, 0.6) is 0 Å². The van der Waals surface area contributed by atoms with Crippen molar-refractivity contribution in [3.8, 4) is 6.07 Å². The molecule has 6 nitrogen and oxygen atoms in total. The van der Waals surface area contributed by atoms with Gasteiger partial charge in [0.2, 0.25) is 15.9 Å². The lowest BCUT2D eigenvalue weighted by Gasteiger charge is -2.17. The highest BCUT2D eigenvalue weighted by molar-refractivity contribution is 7.90. The van der Waals surface area contributed by atoms with E-state index in [1.807, 2.05) is 0 Å². The SMILES string of the molecule is CCC(C#N)S(=O)(=O)N(C)CC(N)=O. The van der Waals surface area contributed by atoms with Gasteiger partial charge < -0.3 is 5.73 Å². The molecule has 0 aliphatic heterocycles. The second-order valence-electron chi connectivity index (χ2n) is 2.79. The molecule has 0 bridgehead atoms. The van der Waals surface area contributed by atoms with Crippen molar-refractivity contribution in [1.29, 1.82) is 5.26 Å².